The third-order valence-electron chi connectivity index (χ3n) is 0.0772. The zero-order valence-electron chi connectivity index (χ0n) is 4.95. The number of alkyl halides is 1. The molecule has 0 amide bonds. The monoisotopic (exact) mass is 164 g/mol. The third-order valence-corrected chi connectivity index (χ3v) is 0.401. The fraction of sp³-hybridized carbons (Fsp3) is 0.333. The summed E-state index contributed by atoms with van der Waals surface area (Å²) in [5.41, 5.74) is 0. The molecule has 0 unspecified atom stereocenters. The van der Waals surface area contributed by atoms with Crippen molar-refractivity contribution in [2.45, 2.75) is 6.90 Å². The Labute approximate surface area is 56.3 Å². The van der Waals surface area contributed by atoms with Crippen LogP contribution in [0.2, 0.25) is 0 Å². The molecular formula is C6H9Br. The first-order valence-electron chi connectivity index (χ1n) is 2.26. The van der Waals surface area contributed by atoms with Crippen LogP contribution in [0.5, 0.6) is 0 Å². The molecule has 0 rings (SSSR count). The normalized spacial score (nSPS) is 5.86. The molecule has 0 saturated heterocycles. The minimum absolute atomic E-state index is 0. The fourth-order valence-electron chi connectivity index (χ4n) is 0. The summed E-state index contributed by atoms with van der Waals surface area (Å²) < 4.78 is 6.22. The molecule has 0 aliphatic heterocycles. The van der Waals surface area contributed by atoms with Crippen molar-refractivity contribution < 1.29 is 2.80 Å². The first kappa shape index (κ1) is 6.60. The molecule has 0 aromatic rings. The lowest BCUT2D eigenvalue weighted by atomic mass is 10.9. The summed E-state index contributed by atoms with van der Waals surface area (Å²) >= 11 is 3.01. The molecule has 7 heavy (non-hydrogen) atoms. The van der Waals surface area contributed by atoms with Gasteiger partial charge in [-0.25, -0.2) is 0 Å². The summed E-state index contributed by atoms with van der Waals surface area (Å²) in [6, 6.07) is 0. The predicted molar refractivity (Wildman–Crippen MR) is 39.2 cm³/mol. The molecule has 1 heteroatoms. The Bertz CT molecular complexity index is 84.6. The van der Waals surface area contributed by atoms with Crippen LogP contribution < -0.4 is 0 Å². The molecular weight excluding hydrogens is 152 g/mol. The molecule has 0 saturated carbocycles. The molecule has 0 aliphatic carbocycles. The van der Waals surface area contributed by atoms with Crippen molar-refractivity contribution >= 4 is 15.9 Å². The molecule has 40 valence electrons. The Kier molecular flexibility index (Phi) is 16.5. The smallest absolute Gasteiger partial charge is 0.0642 e. The fourth-order valence-corrected chi connectivity index (χ4v) is 0. The van der Waals surface area contributed by atoms with E-state index in [1.165, 1.54) is 0 Å². The Morgan fingerprint density at radius 2 is 2.29 bits per heavy atom. The van der Waals surface area contributed by atoms with Gasteiger partial charge in [0.15, 0.2) is 0 Å². The van der Waals surface area contributed by atoms with Crippen molar-refractivity contribution in [1.29, 1.82) is 0 Å². The first-order chi connectivity index (χ1) is 3.83. The van der Waals surface area contributed by atoms with E-state index in [1.54, 1.807) is 0 Å². The molecule has 0 aromatic heterocycles. The van der Waals surface area contributed by atoms with Crippen molar-refractivity contribution in [2.24, 2.45) is 0 Å². The summed E-state index contributed by atoms with van der Waals surface area (Å²) in [6.07, 6.45) is 9.32. The van der Waals surface area contributed by atoms with Crippen LogP contribution in [-0.4, -0.2) is 5.33 Å². The quantitative estimate of drug-likeness (QED) is 0.380. The van der Waals surface area contributed by atoms with E-state index in [2.05, 4.69) is 34.2 Å². The molecule has 0 aliphatic rings. The summed E-state index contributed by atoms with van der Waals surface area (Å²) in [7, 11) is 0. The number of halogens is 1. The van der Waals surface area contributed by atoms with Gasteiger partial charge >= 0.3 is 0 Å². The van der Waals surface area contributed by atoms with Crippen LogP contribution in [0.3, 0.4) is 0 Å². The van der Waals surface area contributed by atoms with E-state index in [0.29, 0.717) is 5.33 Å². The standard InChI is InChI=1S/C3H3Br.C3H4.H2/c1-2-3-4;1-3-2;/h1H,3H2;1H,2H3;1H/i;2T;1+2. The molecule has 0 aromatic carbocycles. The highest BCUT2D eigenvalue weighted by Gasteiger charge is 1.46. The largest absolute Gasteiger partial charge is 0.120 e. The van der Waals surface area contributed by atoms with Crippen LogP contribution in [0.15, 0.2) is 0 Å². The van der Waals surface area contributed by atoms with Gasteiger partial charge in [0.2, 0.25) is 0 Å². The summed E-state index contributed by atoms with van der Waals surface area (Å²) in [5, 5.41) is 0.660. The lowest BCUT2D eigenvalue weighted by Gasteiger charge is -1.50. The van der Waals surface area contributed by atoms with Crippen LogP contribution in [-0.2, 0) is 0 Å². The van der Waals surface area contributed by atoms with E-state index in [4.69, 9.17) is 7.79 Å². The van der Waals surface area contributed by atoms with E-state index >= 15 is 0 Å². The molecule has 0 radical (unpaired) electrons. The second kappa shape index (κ2) is 17.5. The van der Waals surface area contributed by atoms with E-state index in [-0.39, 0.29) is 8.33 Å². The van der Waals surface area contributed by atoms with Gasteiger partial charge in [-0.1, -0.05) is 21.9 Å². The zero-order valence-corrected chi connectivity index (χ0v) is 5.53. The average Bonchev–Trinajstić information content (AvgIpc) is 1.88. The van der Waals surface area contributed by atoms with Crippen molar-refractivity contribution in [2.75, 3.05) is 5.33 Å². The van der Waals surface area contributed by atoms with Gasteiger partial charge in [0.1, 0.15) is 0 Å². The van der Waals surface area contributed by atoms with Gasteiger partial charge in [0.05, 0.1) is 5.33 Å². The van der Waals surface area contributed by atoms with Crippen LogP contribution >= 0.6 is 15.9 Å². The molecule has 0 atom stereocenters. The van der Waals surface area contributed by atoms with Crippen LogP contribution in [0.4, 0.5) is 0 Å². The third kappa shape index (κ3) is 202. The Morgan fingerprint density at radius 1 is 2.00 bits per heavy atom. The van der Waals surface area contributed by atoms with Crippen molar-refractivity contribution in [3.05, 3.63) is 0 Å². The highest BCUT2D eigenvalue weighted by molar-refractivity contribution is 9.09. The number of rotatable bonds is 0. The number of hydrogen-bond acceptors (Lipinski definition) is 0. The van der Waals surface area contributed by atoms with E-state index in [9.17, 15) is 0 Å². The van der Waals surface area contributed by atoms with Gasteiger partial charge < -0.3 is 0 Å². The molecule has 0 nitrogen and oxygen atoms in total. The van der Waals surface area contributed by atoms with Gasteiger partial charge in [0.25, 0.3) is 0 Å². The van der Waals surface area contributed by atoms with Crippen molar-refractivity contribution in [1.82, 2.24) is 0 Å². The minimum atomic E-state index is 0. The topological polar surface area (TPSA) is 0 Å². The predicted octanol–water partition coefficient (Wildman–Crippen LogP) is 1.90. The Hall–Kier alpha value is -0.400. The lowest BCUT2D eigenvalue weighted by Crippen LogP contribution is -1.45. The summed E-state index contributed by atoms with van der Waals surface area (Å²) in [4.78, 5) is 0. The molecule has 0 N–H and O–H groups in total. The number of hydrogen-bond donors (Lipinski definition) is 0. The van der Waals surface area contributed by atoms with Gasteiger partial charge in [0, 0.05) is 2.80 Å². The van der Waals surface area contributed by atoms with Gasteiger partial charge in [-0.2, -0.15) is 0 Å². The zero-order chi connectivity index (χ0) is 6.83. The maximum Gasteiger partial charge on any atom is 0.0642 e. The molecule has 0 spiro atoms. The maximum atomic E-state index is 6.22. The number of terminal acetylenes is 2. The minimum Gasteiger partial charge on any atom is -0.120 e. The average molecular weight is 165 g/mol. The highest BCUT2D eigenvalue weighted by atomic mass is 79.9. The summed E-state index contributed by atoms with van der Waals surface area (Å²) in [5.74, 6) is 4.44. The van der Waals surface area contributed by atoms with E-state index in [1.807, 2.05) is 0 Å². The molecule has 0 heterocycles. The lowest BCUT2D eigenvalue weighted by molar-refractivity contribution is 1.94. The molecule has 0 fully saturated rings. The maximum absolute atomic E-state index is 6.22. The highest BCUT2D eigenvalue weighted by Crippen LogP contribution is 1.68. The van der Waals surface area contributed by atoms with Crippen LogP contribution in [0.25, 0.3) is 0 Å². The second-order valence-electron chi connectivity index (χ2n) is 0.542. The van der Waals surface area contributed by atoms with Gasteiger partial charge in [-0.05, 0) is 6.90 Å². The Morgan fingerprint density at radius 3 is 2.29 bits per heavy atom. The second-order valence-corrected chi connectivity index (χ2v) is 1.10. The van der Waals surface area contributed by atoms with E-state index in [0.717, 1.165) is 0 Å². The SMILES string of the molecule is C#CCBr.[3HH].[3H]CC#C. The molecule has 0 bridgehead atoms. The first-order valence-corrected chi connectivity index (χ1v) is 2.67. The summed E-state index contributed by atoms with van der Waals surface area (Å²) in [6.45, 7) is 0.0972. The van der Waals surface area contributed by atoms with E-state index < -0.39 is 0 Å². The van der Waals surface area contributed by atoms with Crippen molar-refractivity contribution in [3.8, 4) is 24.7 Å². The van der Waals surface area contributed by atoms with Crippen LogP contribution in [0.1, 0.15) is 9.70 Å². The van der Waals surface area contributed by atoms with Gasteiger partial charge in [-0.15, -0.1) is 18.8 Å². The van der Waals surface area contributed by atoms with Gasteiger partial charge in [-0.3, -0.25) is 0 Å². The Balaban J connectivity index is -0.0000000720. The van der Waals surface area contributed by atoms with Crippen LogP contribution in [0, 0.1) is 24.7 Å². The van der Waals surface area contributed by atoms with Crippen molar-refractivity contribution in [3.63, 3.8) is 0 Å².